The smallest absolute Gasteiger partial charge is 0.0820 e. The van der Waals surface area contributed by atoms with Gasteiger partial charge in [0.1, 0.15) is 0 Å². The van der Waals surface area contributed by atoms with Crippen molar-refractivity contribution in [2.75, 3.05) is 9.80 Å². The molecule has 12 rings (SSSR count). The molecule has 1 aromatic heterocycles. The second-order valence-corrected chi connectivity index (χ2v) is 16.3. The fourth-order valence-corrected chi connectivity index (χ4v) is 11.2. The third-order valence-electron chi connectivity index (χ3n) is 12.2. The van der Waals surface area contributed by atoms with Crippen molar-refractivity contribution in [3.05, 3.63) is 240 Å². The summed E-state index contributed by atoms with van der Waals surface area (Å²) < 4.78 is 1.32. The third-order valence-corrected chi connectivity index (χ3v) is 13.5. The summed E-state index contributed by atoms with van der Waals surface area (Å²) in [5.74, 6) is 0. The average molecular weight is 757 g/mol. The van der Waals surface area contributed by atoms with Gasteiger partial charge >= 0.3 is 0 Å². The van der Waals surface area contributed by atoms with Crippen molar-refractivity contribution in [3.8, 4) is 22.3 Å². The van der Waals surface area contributed by atoms with E-state index in [2.05, 4.69) is 228 Å². The average Bonchev–Trinajstić information content (AvgIpc) is 3.91. The van der Waals surface area contributed by atoms with Crippen LogP contribution in [0.4, 0.5) is 34.1 Å². The Labute approximate surface area is 342 Å². The molecule has 3 heteroatoms. The van der Waals surface area contributed by atoms with Crippen molar-refractivity contribution in [1.82, 2.24) is 0 Å². The molecule has 0 saturated heterocycles. The van der Waals surface area contributed by atoms with Crippen LogP contribution in [-0.4, -0.2) is 0 Å². The zero-order chi connectivity index (χ0) is 38.2. The molecule has 9 aromatic carbocycles. The molecule has 1 atom stereocenters. The van der Waals surface area contributed by atoms with Gasteiger partial charge in [0.2, 0.25) is 0 Å². The van der Waals surface area contributed by atoms with Crippen LogP contribution in [0.3, 0.4) is 0 Å². The second-order valence-electron chi connectivity index (χ2n) is 15.3. The SMILES string of the molecule is c1ccc(N(c2ccccc2)c2ccc3c(c2)C2(c4ccccc4-c4ccc(N(c5ccccc5)c5ccc6ccccc6c5)cc42)c2sc4ccccc4c2-3)cc1. The molecule has 0 amide bonds. The minimum Gasteiger partial charge on any atom is -0.310 e. The van der Waals surface area contributed by atoms with Crippen molar-refractivity contribution in [3.63, 3.8) is 0 Å². The molecule has 58 heavy (non-hydrogen) atoms. The molecule has 0 saturated carbocycles. The zero-order valence-corrected chi connectivity index (χ0v) is 32.4. The maximum atomic E-state index is 2.50. The van der Waals surface area contributed by atoms with E-state index in [1.165, 1.54) is 64.7 Å². The number of anilines is 6. The van der Waals surface area contributed by atoms with Crippen molar-refractivity contribution >= 4 is 66.3 Å². The molecule has 1 spiro atoms. The Kier molecular flexibility index (Phi) is 7.35. The fourth-order valence-electron chi connectivity index (χ4n) is 9.78. The first kappa shape index (κ1) is 33.0. The molecule has 1 heterocycles. The van der Waals surface area contributed by atoms with E-state index in [0.717, 1.165) is 34.1 Å². The number of rotatable bonds is 6. The Morgan fingerprint density at radius 3 is 1.50 bits per heavy atom. The summed E-state index contributed by atoms with van der Waals surface area (Å²) in [7, 11) is 0. The number of fused-ring (bicyclic) bond motifs is 13. The first-order chi connectivity index (χ1) is 28.8. The minimum atomic E-state index is -0.531. The summed E-state index contributed by atoms with van der Waals surface area (Å²) in [5, 5.41) is 3.78. The van der Waals surface area contributed by atoms with Crippen molar-refractivity contribution in [1.29, 1.82) is 0 Å². The fraction of sp³-hybridized carbons (Fsp3) is 0.0182. The quantitative estimate of drug-likeness (QED) is 0.167. The van der Waals surface area contributed by atoms with Crippen LogP contribution < -0.4 is 9.80 Å². The number of benzene rings is 9. The summed E-state index contributed by atoms with van der Waals surface area (Å²) >= 11 is 1.95. The van der Waals surface area contributed by atoms with Crippen LogP contribution in [0.15, 0.2) is 218 Å². The normalized spacial score (nSPS) is 14.6. The van der Waals surface area contributed by atoms with Crippen LogP contribution in [0.1, 0.15) is 21.6 Å². The van der Waals surface area contributed by atoms with Crippen molar-refractivity contribution in [2.24, 2.45) is 0 Å². The van der Waals surface area contributed by atoms with Gasteiger partial charge in [-0.2, -0.15) is 0 Å². The Morgan fingerprint density at radius 1 is 0.328 bits per heavy atom. The Bertz CT molecular complexity index is 3150. The number of nitrogens with zero attached hydrogens (tertiary/aromatic N) is 2. The molecule has 2 aliphatic carbocycles. The van der Waals surface area contributed by atoms with Crippen LogP contribution in [-0.2, 0) is 5.41 Å². The predicted molar refractivity (Wildman–Crippen MR) is 245 cm³/mol. The highest BCUT2D eigenvalue weighted by Crippen LogP contribution is 2.67. The largest absolute Gasteiger partial charge is 0.310 e. The summed E-state index contributed by atoms with van der Waals surface area (Å²) in [4.78, 5) is 6.22. The lowest BCUT2D eigenvalue weighted by Gasteiger charge is -2.32. The molecule has 0 fully saturated rings. The first-order valence-electron chi connectivity index (χ1n) is 19.9. The van der Waals surface area contributed by atoms with E-state index in [-0.39, 0.29) is 0 Å². The topological polar surface area (TPSA) is 6.48 Å². The maximum absolute atomic E-state index is 2.50. The number of hydrogen-bond acceptors (Lipinski definition) is 3. The third kappa shape index (κ3) is 4.78. The second kappa shape index (κ2) is 12.9. The van der Waals surface area contributed by atoms with Gasteiger partial charge in [-0.25, -0.2) is 0 Å². The van der Waals surface area contributed by atoms with E-state index >= 15 is 0 Å². The maximum Gasteiger partial charge on any atom is 0.0820 e. The van der Waals surface area contributed by atoms with Gasteiger partial charge in [-0.3, -0.25) is 0 Å². The van der Waals surface area contributed by atoms with Crippen LogP contribution in [0, 0.1) is 0 Å². The van der Waals surface area contributed by atoms with Crippen LogP contribution in [0.5, 0.6) is 0 Å². The molecule has 2 nitrogen and oxygen atoms in total. The van der Waals surface area contributed by atoms with Gasteiger partial charge in [0.15, 0.2) is 0 Å². The highest BCUT2D eigenvalue weighted by Gasteiger charge is 2.54. The molecule has 272 valence electrons. The van der Waals surface area contributed by atoms with Gasteiger partial charge in [0, 0.05) is 54.7 Å². The molecule has 10 aromatic rings. The Balaban J connectivity index is 1.15. The van der Waals surface area contributed by atoms with E-state index in [4.69, 9.17) is 0 Å². The Hall–Kier alpha value is -7.20. The predicted octanol–water partition coefficient (Wildman–Crippen LogP) is 15.3. The highest BCUT2D eigenvalue weighted by molar-refractivity contribution is 7.20. The molecule has 1 unspecified atom stereocenters. The lowest BCUT2D eigenvalue weighted by molar-refractivity contribution is 0.811. The number of hydrogen-bond donors (Lipinski definition) is 0. The monoisotopic (exact) mass is 756 g/mol. The highest BCUT2D eigenvalue weighted by atomic mass is 32.1. The van der Waals surface area contributed by atoms with Crippen molar-refractivity contribution < 1.29 is 0 Å². The number of para-hydroxylation sites is 3. The summed E-state index contributed by atoms with van der Waals surface area (Å²) in [6.07, 6.45) is 0. The molecular weight excluding hydrogens is 721 g/mol. The Morgan fingerprint density at radius 2 is 0.810 bits per heavy atom. The lowest BCUT2D eigenvalue weighted by Crippen LogP contribution is -2.25. The van der Waals surface area contributed by atoms with E-state index in [0.29, 0.717) is 0 Å². The summed E-state index contributed by atoms with van der Waals surface area (Å²) in [5.41, 5.74) is 15.5. The molecule has 2 aliphatic rings. The van der Waals surface area contributed by atoms with E-state index in [1.54, 1.807) is 0 Å². The first-order valence-corrected chi connectivity index (χ1v) is 20.7. The van der Waals surface area contributed by atoms with Gasteiger partial charge < -0.3 is 9.80 Å². The van der Waals surface area contributed by atoms with Gasteiger partial charge in [0.25, 0.3) is 0 Å². The lowest BCUT2D eigenvalue weighted by atomic mass is 9.73. The molecule has 0 bridgehead atoms. The van der Waals surface area contributed by atoms with Gasteiger partial charge in [0.05, 0.1) is 5.41 Å². The van der Waals surface area contributed by atoms with E-state index in [1.807, 2.05) is 11.3 Å². The van der Waals surface area contributed by atoms with Gasteiger partial charge in [-0.05, 0) is 123 Å². The van der Waals surface area contributed by atoms with E-state index < -0.39 is 5.41 Å². The molecule has 0 aliphatic heterocycles. The van der Waals surface area contributed by atoms with Crippen LogP contribution >= 0.6 is 11.3 Å². The van der Waals surface area contributed by atoms with E-state index in [9.17, 15) is 0 Å². The zero-order valence-electron chi connectivity index (χ0n) is 31.6. The summed E-state index contributed by atoms with van der Waals surface area (Å²) in [6, 6.07) is 80.3. The number of thiophene rings is 1. The molecular formula is C55H36N2S. The molecule has 0 N–H and O–H groups in total. The molecule has 0 radical (unpaired) electrons. The standard InChI is InChI=1S/C55H36N2S/c1-4-18-39(19-5-1)56(40-20-6-2-7-21-40)43-31-33-47-51(36-43)55(54-53(47)48-25-13-15-27-52(48)58-54)49-26-14-12-24-45(49)46-32-30-44(35-50(46)55)57(41-22-8-3-9-23-41)42-29-28-37-16-10-11-17-38(37)34-42/h1-36H. The van der Waals surface area contributed by atoms with Gasteiger partial charge in [-0.1, -0.05) is 140 Å². The van der Waals surface area contributed by atoms with Gasteiger partial charge in [-0.15, -0.1) is 11.3 Å². The van der Waals surface area contributed by atoms with Crippen LogP contribution in [0.2, 0.25) is 0 Å². The summed E-state index contributed by atoms with van der Waals surface area (Å²) in [6.45, 7) is 0. The van der Waals surface area contributed by atoms with Crippen molar-refractivity contribution in [2.45, 2.75) is 5.41 Å². The van der Waals surface area contributed by atoms with Crippen LogP contribution in [0.25, 0.3) is 43.1 Å². The minimum absolute atomic E-state index is 0.531.